The van der Waals surface area contributed by atoms with E-state index in [-0.39, 0.29) is 19.8 Å². The van der Waals surface area contributed by atoms with Crippen molar-refractivity contribution in [3.8, 4) is 0 Å². The van der Waals surface area contributed by atoms with Crippen LogP contribution in [0.2, 0.25) is 0 Å². The van der Waals surface area contributed by atoms with Crippen molar-refractivity contribution in [3.05, 3.63) is 0 Å². The molecule has 3 N–H and O–H groups in total. The fourth-order valence-electron chi connectivity index (χ4n) is 1.79. The SMILES string of the molecule is OCCCN(CCOCCOCCO)CCOCCOCCO. The van der Waals surface area contributed by atoms with E-state index >= 15 is 0 Å². The van der Waals surface area contributed by atoms with Crippen molar-refractivity contribution >= 4 is 0 Å². The van der Waals surface area contributed by atoms with E-state index < -0.39 is 0 Å². The third kappa shape index (κ3) is 17.9. The minimum Gasteiger partial charge on any atom is -0.396 e. The highest BCUT2D eigenvalue weighted by atomic mass is 16.5. The molecular formula is C15H33NO7. The average Bonchev–Trinajstić information content (AvgIpc) is 2.57. The minimum absolute atomic E-state index is 0.0278. The second-order valence-electron chi connectivity index (χ2n) is 4.82. The lowest BCUT2D eigenvalue weighted by molar-refractivity contribution is 0.0140. The monoisotopic (exact) mass is 339 g/mol. The quantitative estimate of drug-likeness (QED) is 0.250. The first-order chi connectivity index (χ1) is 11.3. The van der Waals surface area contributed by atoms with Crippen LogP contribution in [0.25, 0.3) is 0 Å². The Kier molecular flexibility index (Phi) is 19.5. The number of ether oxygens (including phenoxy) is 4. The van der Waals surface area contributed by atoms with Crippen LogP contribution in [0.3, 0.4) is 0 Å². The van der Waals surface area contributed by atoms with Crippen molar-refractivity contribution in [2.24, 2.45) is 0 Å². The summed E-state index contributed by atoms with van der Waals surface area (Å²) < 4.78 is 21.1. The Morgan fingerprint density at radius 3 is 1.30 bits per heavy atom. The molecule has 0 aliphatic heterocycles. The van der Waals surface area contributed by atoms with Gasteiger partial charge >= 0.3 is 0 Å². The van der Waals surface area contributed by atoms with Crippen molar-refractivity contribution in [1.82, 2.24) is 4.90 Å². The standard InChI is InChI=1S/C15H33NO7/c17-5-1-2-16(3-8-20-12-14-22-10-6-18)4-9-21-13-15-23-11-7-19/h17-19H,1-15H2. The summed E-state index contributed by atoms with van der Waals surface area (Å²) in [4.78, 5) is 2.18. The van der Waals surface area contributed by atoms with Crippen LogP contribution in [0.5, 0.6) is 0 Å². The first-order valence-corrected chi connectivity index (χ1v) is 8.21. The number of nitrogens with zero attached hydrogens (tertiary/aromatic N) is 1. The number of rotatable bonds is 19. The summed E-state index contributed by atoms with van der Waals surface area (Å²) >= 11 is 0. The molecule has 0 aromatic rings. The fraction of sp³-hybridized carbons (Fsp3) is 1.00. The smallest absolute Gasteiger partial charge is 0.0701 e. The third-order valence-corrected chi connectivity index (χ3v) is 2.95. The molecule has 0 radical (unpaired) electrons. The van der Waals surface area contributed by atoms with E-state index in [1.54, 1.807) is 0 Å². The predicted molar refractivity (Wildman–Crippen MR) is 85.6 cm³/mol. The van der Waals surface area contributed by atoms with E-state index in [0.717, 1.165) is 26.1 Å². The molecule has 0 amide bonds. The first-order valence-electron chi connectivity index (χ1n) is 8.21. The van der Waals surface area contributed by atoms with Gasteiger partial charge in [0.1, 0.15) is 0 Å². The highest BCUT2D eigenvalue weighted by molar-refractivity contribution is 4.57. The van der Waals surface area contributed by atoms with Gasteiger partial charge in [-0.1, -0.05) is 0 Å². The van der Waals surface area contributed by atoms with E-state index in [1.165, 1.54) is 0 Å². The maximum Gasteiger partial charge on any atom is 0.0701 e. The summed E-state index contributed by atoms with van der Waals surface area (Å²) in [5.41, 5.74) is 0. The van der Waals surface area contributed by atoms with Gasteiger partial charge in [0.2, 0.25) is 0 Å². The molecule has 0 rings (SSSR count). The maximum absolute atomic E-state index is 8.94. The molecule has 0 aromatic heterocycles. The van der Waals surface area contributed by atoms with Crippen LogP contribution in [0.15, 0.2) is 0 Å². The lowest BCUT2D eigenvalue weighted by Crippen LogP contribution is -2.33. The van der Waals surface area contributed by atoms with E-state index in [4.69, 9.17) is 34.3 Å². The molecule has 0 aliphatic rings. The molecule has 0 atom stereocenters. The highest BCUT2D eigenvalue weighted by Crippen LogP contribution is 1.93. The summed E-state index contributed by atoms with van der Waals surface area (Å²) in [5, 5.41) is 26.1. The van der Waals surface area contributed by atoms with Crippen LogP contribution in [0, 0.1) is 0 Å². The normalized spacial score (nSPS) is 11.5. The maximum atomic E-state index is 8.94. The van der Waals surface area contributed by atoms with Crippen LogP contribution in [0.1, 0.15) is 6.42 Å². The molecule has 0 aromatic carbocycles. The van der Waals surface area contributed by atoms with Gasteiger partial charge in [0.05, 0.1) is 66.1 Å². The molecule has 0 aliphatic carbocycles. The topological polar surface area (TPSA) is 101 Å². The van der Waals surface area contributed by atoms with Gasteiger partial charge in [0, 0.05) is 26.2 Å². The van der Waals surface area contributed by atoms with Crippen LogP contribution in [-0.4, -0.2) is 113 Å². The van der Waals surface area contributed by atoms with Crippen LogP contribution >= 0.6 is 0 Å². The second-order valence-corrected chi connectivity index (χ2v) is 4.82. The Balaban J connectivity index is 3.56. The van der Waals surface area contributed by atoms with Gasteiger partial charge in [-0.2, -0.15) is 0 Å². The van der Waals surface area contributed by atoms with Crippen molar-refractivity contribution in [1.29, 1.82) is 0 Å². The first kappa shape index (κ1) is 22.7. The van der Waals surface area contributed by atoms with E-state index in [2.05, 4.69) is 4.90 Å². The Morgan fingerprint density at radius 1 is 0.478 bits per heavy atom. The van der Waals surface area contributed by atoms with Gasteiger partial charge in [-0.15, -0.1) is 0 Å². The Bertz CT molecular complexity index is 204. The number of aliphatic hydroxyl groups excluding tert-OH is 3. The van der Waals surface area contributed by atoms with Gasteiger partial charge < -0.3 is 34.3 Å². The molecule has 0 saturated carbocycles. The summed E-state index contributed by atoms with van der Waals surface area (Å²) in [6.07, 6.45) is 0.721. The van der Waals surface area contributed by atoms with Crippen molar-refractivity contribution < 1.29 is 34.3 Å². The Morgan fingerprint density at radius 2 is 0.913 bits per heavy atom. The molecule has 0 unspecified atom stereocenters. The highest BCUT2D eigenvalue weighted by Gasteiger charge is 2.04. The molecule has 0 spiro atoms. The molecular weight excluding hydrogens is 306 g/mol. The predicted octanol–water partition coefficient (Wildman–Crippen LogP) is -1.28. The molecule has 0 saturated heterocycles. The number of hydrogen-bond donors (Lipinski definition) is 3. The summed E-state index contributed by atoms with van der Waals surface area (Å²) in [6, 6.07) is 0. The second kappa shape index (κ2) is 19.7. The third-order valence-electron chi connectivity index (χ3n) is 2.95. The van der Waals surface area contributed by atoms with Crippen molar-refractivity contribution in [2.75, 3.05) is 92.3 Å². The zero-order valence-corrected chi connectivity index (χ0v) is 14.0. The molecule has 8 nitrogen and oxygen atoms in total. The van der Waals surface area contributed by atoms with E-state index in [9.17, 15) is 0 Å². The molecule has 0 fully saturated rings. The zero-order valence-electron chi connectivity index (χ0n) is 14.0. The van der Waals surface area contributed by atoms with Gasteiger partial charge in [0.25, 0.3) is 0 Å². The lowest BCUT2D eigenvalue weighted by atomic mass is 10.4. The Hall–Kier alpha value is -0.320. The van der Waals surface area contributed by atoms with Crippen LogP contribution < -0.4 is 0 Å². The zero-order chi connectivity index (χ0) is 17.0. The van der Waals surface area contributed by atoms with Crippen molar-refractivity contribution in [2.45, 2.75) is 6.42 Å². The number of aliphatic hydroxyl groups is 3. The molecule has 8 heteroatoms. The average molecular weight is 339 g/mol. The molecule has 140 valence electrons. The van der Waals surface area contributed by atoms with Gasteiger partial charge in [-0.3, -0.25) is 4.90 Å². The Labute approximate surface area is 138 Å². The minimum atomic E-state index is 0.0278. The number of hydrogen-bond acceptors (Lipinski definition) is 8. The van der Waals surface area contributed by atoms with Crippen molar-refractivity contribution in [3.63, 3.8) is 0 Å². The molecule has 23 heavy (non-hydrogen) atoms. The lowest BCUT2D eigenvalue weighted by Gasteiger charge is -2.21. The van der Waals surface area contributed by atoms with Gasteiger partial charge in [-0.05, 0) is 6.42 Å². The summed E-state index contributed by atoms with van der Waals surface area (Å²) in [6.45, 7) is 6.39. The molecule has 0 bridgehead atoms. The summed E-state index contributed by atoms with van der Waals surface area (Å²) in [7, 11) is 0. The van der Waals surface area contributed by atoms with Gasteiger partial charge in [-0.25, -0.2) is 0 Å². The van der Waals surface area contributed by atoms with E-state index in [1.807, 2.05) is 0 Å². The van der Waals surface area contributed by atoms with Gasteiger partial charge in [0.15, 0.2) is 0 Å². The molecule has 0 heterocycles. The largest absolute Gasteiger partial charge is 0.396 e. The summed E-state index contributed by atoms with van der Waals surface area (Å²) in [5.74, 6) is 0. The van der Waals surface area contributed by atoms with Crippen LogP contribution in [0.4, 0.5) is 0 Å². The van der Waals surface area contributed by atoms with Crippen LogP contribution in [-0.2, 0) is 18.9 Å². The van der Waals surface area contributed by atoms with E-state index in [0.29, 0.717) is 52.9 Å². The fourth-order valence-corrected chi connectivity index (χ4v) is 1.79.